The van der Waals surface area contributed by atoms with Crippen molar-refractivity contribution in [3.63, 3.8) is 0 Å². The van der Waals surface area contributed by atoms with Crippen molar-refractivity contribution in [2.24, 2.45) is 0 Å². The summed E-state index contributed by atoms with van der Waals surface area (Å²) in [6.45, 7) is 0. The Kier molecular flexibility index (Phi) is 4.39. The van der Waals surface area contributed by atoms with Crippen molar-refractivity contribution in [3.05, 3.63) is 39.9 Å². The Balaban J connectivity index is 1.69. The highest BCUT2D eigenvalue weighted by molar-refractivity contribution is 7.88. The Labute approximate surface area is 135 Å². The molecule has 0 radical (unpaired) electrons. The van der Waals surface area contributed by atoms with Crippen molar-refractivity contribution in [1.82, 2.24) is 9.62 Å². The van der Waals surface area contributed by atoms with Crippen LogP contribution in [0.5, 0.6) is 0 Å². The van der Waals surface area contributed by atoms with Crippen molar-refractivity contribution in [2.45, 2.75) is 49.6 Å². The first-order valence-corrected chi connectivity index (χ1v) is 9.41. The van der Waals surface area contributed by atoms with Gasteiger partial charge in [0.1, 0.15) is 0 Å². The number of non-ortho nitro benzene ring substituents is 1. The Morgan fingerprint density at radius 1 is 1.22 bits per heavy atom. The van der Waals surface area contributed by atoms with Crippen LogP contribution < -0.4 is 5.32 Å². The molecule has 23 heavy (non-hydrogen) atoms. The third-order valence-electron chi connectivity index (χ3n) is 4.90. The van der Waals surface area contributed by atoms with Gasteiger partial charge in [-0.2, -0.15) is 0 Å². The van der Waals surface area contributed by atoms with Crippen LogP contribution in [0.15, 0.2) is 24.3 Å². The van der Waals surface area contributed by atoms with Crippen LogP contribution in [0.3, 0.4) is 0 Å². The summed E-state index contributed by atoms with van der Waals surface area (Å²) >= 11 is 0. The number of piperidine rings is 1. The third kappa shape index (κ3) is 3.54. The summed E-state index contributed by atoms with van der Waals surface area (Å²) in [5.41, 5.74) is 0.536. The molecule has 2 fully saturated rings. The molecule has 1 aromatic carbocycles. The number of hydrogen-bond donors (Lipinski definition) is 1. The molecular weight excluding hydrogens is 318 g/mol. The predicted molar refractivity (Wildman–Crippen MR) is 86.5 cm³/mol. The summed E-state index contributed by atoms with van der Waals surface area (Å²) < 4.78 is 26.7. The van der Waals surface area contributed by atoms with Gasteiger partial charge >= 0.3 is 0 Å². The lowest BCUT2D eigenvalue weighted by molar-refractivity contribution is -0.384. The molecule has 0 spiro atoms. The summed E-state index contributed by atoms with van der Waals surface area (Å²) in [4.78, 5) is 10.2. The van der Waals surface area contributed by atoms with E-state index in [1.165, 1.54) is 28.6 Å². The van der Waals surface area contributed by atoms with Gasteiger partial charge in [-0.3, -0.25) is 10.1 Å². The van der Waals surface area contributed by atoms with Gasteiger partial charge in [0.15, 0.2) is 0 Å². The highest BCUT2D eigenvalue weighted by atomic mass is 32.2. The molecule has 2 unspecified atom stereocenters. The smallest absolute Gasteiger partial charge is 0.269 e. The number of nitro benzene ring substituents is 1. The largest absolute Gasteiger partial charge is 0.311 e. The maximum atomic E-state index is 12.6. The average Bonchev–Trinajstić information content (AvgIpc) is 2.85. The van der Waals surface area contributed by atoms with E-state index in [1.54, 1.807) is 7.05 Å². The molecule has 2 atom stereocenters. The van der Waals surface area contributed by atoms with Crippen LogP contribution in [0.4, 0.5) is 5.69 Å². The number of nitro groups is 1. The van der Waals surface area contributed by atoms with Gasteiger partial charge in [0, 0.05) is 37.3 Å². The van der Waals surface area contributed by atoms with Gasteiger partial charge in [-0.05, 0) is 31.2 Å². The van der Waals surface area contributed by atoms with E-state index in [-0.39, 0.29) is 17.5 Å². The maximum absolute atomic E-state index is 12.6. The molecule has 2 aliphatic heterocycles. The lowest BCUT2D eigenvalue weighted by atomic mass is 10.0. The first-order valence-electron chi connectivity index (χ1n) is 7.80. The molecule has 7 nitrogen and oxygen atoms in total. The third-order valence-corrected chi connectivity index (χ3v) is 6.77. The zero-order valence-electron chi connectivity index (χ0n) is 13.0. The first kappa shape index (κ1) is 16.4. The lowest BCUT2D eigenvalue weighted by Crippen LogP contribution is -2.48. The summed E-state index contributed by atoms with van der Waals surface area (Å²) in [7, 11) is -1.78. The average molecular weight is 339 g/mol. The number of fused-ring (bicyclic) bond motifs is 2. The van der Waals surface area contributed by atoms with E-state index in [9.17, 15) is 18.5 Å². The molecule has 0 saturated carbocycles. The zero-order valence-corrected chi connectivity index (χ0v) is 13.8. The number of hydrogen-bond acceptors (Lipinski definition) is 5. The molecule has 0 aromatic heterocycles. The molecule has 0 amide bonds. The number of rotatable bonds is 5. The van der Waals surface area contributed by atoms with E-state index in [1.807, 2.05) is 0 Å². The molecule has 2 bridgehead atoms. The molecule has 2 aliphatic rings. The monoisotopic (exact) mass is 339 g/mol. The molecule has 1 aromatic rings. The van der Waals surface area contributed by atoms with Gasteiger partial charge in [-0.1, -0.05) is 12.1 Å². The van der Waals surface area contributed by atoms with E-state index >= 15 is 0 Å². The van der Waals surface area contributed by atoms with Gasteiger partial charge in [0.05, 0.1) is 10.7 Å². The molecular formula is C15H21N3O4S. The van der Waals surface area contributed by atoms with Crippen LogP contribution in [-0.2, 0) is 15.8 Å². The van der Waals surface area contributed by atoms with Gasteiger partial charge in [-0.15, -0.1) is 0 Å². The van der Waals surface area contributed by atoms with Crippen LogP contribution in [0, 0.1) is 10.1 Å². The van der Waals surface area contributed by atoms with Crippen LogP contribution in [0.1, 0.15) is 31.2 Å². The summed E-state index contributed by atoms with van der Waals surface area (Å²) in [5.74, 6) is -0.124. The molecule has 2 heterocycles. The lowest BCUT2D eigenvalue weighted by Gasteiger charge is -2.34. The van der Waals surface area contributed by atoms with Crippen LogP contribution >= 0.6 is 0 Å². The predicted octanol–water partition coefficient (Wildman–Crippen LogP) is 1.64. The first-order chi connectivity index (χ1) is 10.8. The van der Waals surface area contributed by atoms with Crippen LogP contribution in [-0.4, -0.2) is 42.8 Å². The fourth-order valence-electron chi connectivity index (χ4n) is 3.58. The van der Waals surface area contributed by atoms with Crippen molar-refractivity contribution in [3.8, 4) is 0 Å². The summed E-state index contributed by atoms with van der Waals surface area (Å²) in [6, 6.07) is 6.60. The minimum atomic E-state index is -3.43. The van der Waals surface area contributed by atoms with Gasteiger partial charge in [0.25, 0.3) is 5.69 Å². The highest BCUT2D eigenvalue weighted by Gasteiger charge is 2.38. The quantitative estimate of drug-likeness (QED) is 0.650. The molecule has 8 heteroatoms. The Hall–Kier alpha value is -1.51. The summed E-state index contributed by atoms with van der Waals surface area (Å²) in [5, 5.41) is 14.2. The minimum absolute atomic E-state index is 0.0329. The second kappa shape index (κ2) is 6.18. The summed E-state index contributed by atoms with van der Waals surface area (Å²) in [6.07, 6.45) is 3.95. The molecule has 126 valence electrons. The van der Waals surface area contributed by atoms with Crippen molar-refractivity contribution in [2.75, 3.05) is 7.05 Å². The van der Waals surface area contributed by atoms with E-state index in [0.717, 1.165) is 25.7 Å². The van der Waals surface area contributed by atoms with E-state index < -0.39 is 14.9 Å². The molecule has 0 aliphatic carbocycles. The van der Waals surface area contributed by atoms with Gasteiger partial charge in [-0.25, -0.2) is 12.7 Å². The normalized spacial score (nSPS) is 27.3. The number of nitrogens with one attached hydrogen (secondary N) is 1. The number of nitrogens with zero attached hydrogens (tertiary/aromatic N) is 2. The second-order valence-electron chi connectivity index (χ2n) is 6.46. The standard InChI is InChI=1S/C15H21N3O4S/c1-17(15-8-12-4-5-13(9-15)16-12)23(21,22)10-11-2-6-14(7-3-11)18(19)20/h2-3,6-7,12-13,15-16H,4-5,8-10H2,1H3. The number of sulfonamides is 1. The Morgan fingerprint density at radius 2 is 1.78 bits per heavy atom. The second-order valence-corrected chi connectivity index (χ2v) is 8.49. The topological polar surface area (TPSA) is 92.6 Å². The number of benzene rings is 1. The molecule has 3 rings (SSSR count). The van der Waals surface area contributed by atoms with E-state index in [4.69, 9.17) is 0 Å². The zero-order chi connectivity index (χ0) is 16.6. The Bertz CT molecular complexity index is 677. The van der Waals surface area contributed by atoms with Crippen LogP contribution in [0.25, 0.3) is 0 Å². The Morgan fingerprint density at radius 3 is 2.30 bits per heavy atom. The van der Waals surface area contributed by atoms with Gasteiger partial charge < -0.3 is 5.32 Å². The van der Waals surface area contributed by atoms with Crippen molar-refractivity contribution in [1.29, 1.82) is 0 Å². The molecule has 2 saturated heterocycles. The van der Waals surface area contributed by atoms with Crippen LogP contribution in [0.2, 0.25) is 0 Å². The van der Waals surface area contributed by atoms with Crippen molar-refractivity contribution < 1.29 is 13.3 Å². The SMILES string of the molecule is CN(C1CC2CCC(C1)N2)S(=O)(=O)Cc1ccc([N+](=O)[O-])cc1. The molecule has 1 N–H and O–H groups in total. The maximum Gasteiger partial charge on any atom is 0.269 e. The highest BCUT2D eigenvalue weighted by Crippen LogP contribution is 2.30. The van der Waals surface area contributed by atoms with E-state index in [2.05, 4.69) is 5.32 Å². The van der Waals surface area contributed by atoms with Crippen molar-refractivity contribution >= 4 is 15.7 Å². The fraction of sp³-hybridized carbons (Fsp3) is 0.600. The minimum Gasteiger partial charge on any atom is -0.311 e. The van der Waals surface area contributed by atoms with E-state index in [0.29, 0.717) is 17.6 Å². The van der Waals surface area contributed by atoms with Gasteiger partial charge in [0.2, 0.25) is 10.0 Å². The fourth-order valence-corrected chi connectivity index (χ4v) is 5.02.